The minimum atomic E-state index is 0.215. The van der Waals surface area contributed by atoms with Crippen LogP contribution in [0, 0.1) is 0 Å². The van der Waals surface area contributed by atoms with Crippen LogP contribution in [0.2, 0.25) is 0 Å². The molecule has 1 unspecified atom stereocenters. The molecular weight excluding hydrogens is 284 g/mol. The summed E-state index contributed by atoms with van der Waals surface area (Å²) >= 11 is 8.43. The number of thiophene rings is 1. The number of rotatable bonds is 9. The average Bonchev–Trinajstić information content (AvgIpc) is 2.87. The van der Waals surface area contributed by atoms with Crippen LogP contribution in [0.3, 0.4) is 0 Å². The molecule has 2 heteroatoms. The predicted molar refractivity (Wildman–Crippen MR) is 94.2 cm³/mol. The number of halogens is 1. The molecule has 1 atom stereocenters. The third-order valence-electron chi connectivity index (χ3n) is 3.74. The van der Waals surface area contributed by atoms with Crippen molar-refractivity contribution in [2.75, 3.05) is 0 Å². The van der Waals surface area contributed by atoms with E-state index < -0.39 is 0 Å². The summed E-state index contributed by atoms with van der Waals surface area (Å²) in [4.78, 5) is 2.79. The van der Waals surface area contributed by atoms with Gasteiger partial charge >= 0.3 is 0 Å². The van der Waals surface area contributed by atoms with Crippen molar-refractivity contribution in [2.24, 2.45) is 0 Å². The highest BCUT2D eigenvalue weighted by Gasteiger charge is 2.18. The summed E-state index contributed by atoms with van der Waals surface area (Å²) in [6.45, 7) is 9.07. The smallest absolute Gasteiger partial charge is 0.0678 e. The molecular formula is C18H31ClS. The molecule has 0 aliphatic carbocycles. The third-order valence-corrected chi connectivity index (χ3v) is 5.94. The lowest BCUT2D eigenvalue weighted by molar-refractivity contribution is 0.573. The van der Waals surface area contributed by atoms with Gasteiger partial charge in [0, 0.05) is 9.75 Å². The Hall–Kier alpha value is -0.0100. The normalized spacial score (nSPS) is 13.7. The highest BCUT2D eigenvalue weighted by molar-refractivity contribution is 7.12. The van der Waals surface area contributed by atoms with Gasteiger partial charge in [0.05, 0.1) is 5.38 Å². The van der Waals surface area contributed by atoms with Crippen molar-refractivity contribution in [2.45, 2.75) is 89.9 Å². The molecule has 0 aromatic carbocycles. The van der Waals surface area contributed by atoms with Crippen molar-refractivity contribution in [3.63, 3.8) is 0 Å². The maximum absolute atomic E-state index is 6.54. The van der Waals surface area contributed by atoms with Gasteiger partial charge in [-0.3, -0.25) is 0 Å². The largest absolute Gasteiger partial charge is 0.143 e. The van der Waals surface area contributed by atoms with E-state index in [4.69, 9.17) is 11.6 Å². The minimum absolute atomic E-state index is 0.215. The van der Waals surface area contributed by atoms with Gasteiger partial charge in [-0.2, -0.15) is 0 Å². The molecule has 20 heavy (non-hydrogen) atoms. The molecule has 0 aliphatic rings. The Morgan fingerprint density at radius 1 is 1.00 bits per heavy atom. The number of hydrogen-bond donors (Lipinski definition) is 0. The van der Waals surface area contributed by atoms with Gasteiger partial charge in [0.25, 0.3) is 0 Å². The van der Waals surface area contributed by atoms with Gasteiger partial charge in [-0.25, -0.2) is 0 Å². The summed E-state index contributed by atoms with van der Waals surface area (Å²) in [5.41, 5.74) is 0.249. The molecule has 116 valence electrons. The SMILES string of the molecule is CCCCCCCCCC(Cl)c1ccc(C(C)(C)C)s1. The molecule has 1 aromatic heterocycles. The van der Waals surface area contributed by atoms with Gasteiger partial charge in [-0.15, -0.1) is 22.9 Å². The van der Waals surface area contributed by atoms with E-state index in [0.717, 1.165) is 6.42 Å². The summed E-state index contributed by atoms with van der Waals surface area (Å²) in [5, 5.41) is 0.215. The summed E-state index contributed by atoms with van der Waals surface area (Å²) < 4.78 is 0. The molecule has 0 amide bonds. The second-order valence-corrected chi connectivity index (χ2v) is 8.47. The summed E-state index contributed by atoms with van der Waals surface area (Å²) in [5.74, 6) is 0. The zero-order valence-corrected chi connectivity index (χ0v) is 15.2. The molecule has 0 nitrogen and oxygen atoms in total. The van der Waals surface area contributed by atoms with Crippen LogP contribution in [0.5, 0.6) is 0 Å². The number of hydrogen-bond acceptors (Lipinski definition) is 1. The van der Waals surface area contributed by atoms with Crippen molar-refractivity contribution in [3.8, 4) is 0 Å². The van der Waals surface area contributed by atoms with E-state index >= 15 is 0 Å². The van der Waals surface area contributed by atoms with E-state index in [-0.39, 0.29) is 10.8 Å². The van der Waals surface area contributed by atoms with Crippen LogP contribution < -0.4 is 0 Å². The topological polar surface area (TPSA) is 0 Å². The Kier molecular flexibility index (Phi) is 8.21. The Morgan fingerprint density at radius 2 is 1.60 bits per heavy atom. The van der Waals surface area contributed by atoms with Gasteiger partial charge in [-0.05, 0) is 24.0 Å². The van der Waals surface area contributed by atoms with E-state index in [1.165, 1.54) is 54.7 Å². The highest BCUT2D eigenvalue weighted by Crippen LogP contribution is 2.36. The van der Waals surface area contributed by atoms with Crippen LogP contribution in [0.25, 0.3) is 0 Å². The second-order valence-electron chi connectivity index (χ2n) is 6.83. The molecule has 0 fully saturated rings. The molecule has 0 aliphatic heterocycles. The fourth-order valence-corrected chi connectivity index (χ4v) is 3.79. The van der Waals surface area contributed by atoms with Crippen molar-refractivity contribution in [3.05, 3.63) is 21.9 Å². The molecule has 0 saturated carbocycles. The number of alkyl halides is 1. The van der Waals surface area contributed by atoms with Gasteiger partial charge < -0.3 is 0 Å². The van der Waals surface area contributed by atoms with Crippen LogP contribution in [0.4, 0.5) is 0 Å². The molecule has 0 saturated heterocycles. The maximum Gasteiger partial charge on any atom is 0.0678 e. The molecule has 1 heterocycles. The average molecular weight is 315 g/mol. The van der Waals surface area contributed by atoms with Crippen LogP contribution in [0.15, 0.2) is 12.1 Å². The van der Waals surface area contributed by atoms with Crippen LogP contribution in [-0.2, 0) is 5.41 Å². The zero-order chi connectivity index (χ0) is 15.0. The molecule has 0 bridgehead atoms. The van der Waals surface area contributed by atoms with Crippen molar-refractivity contribution < 1.29 is 0 Å². The Morgan fingerprint density at radius 3 is 2.15 bits per heavy atom. The maximum atomic E-state index is 6.54. The first-order valence-corrected chi connectivity index (χ1v) is 9.44. The van der Waals surface area contributed by atoms with Gasteiger partial charge in [0.1, 0.15) is 0 Å². The Balaban J connectivity index is 2.22. The lowest BCUT2D eigenvalue weighted by atomic mass is 9.95. The first-order valence-electron chi connectivity index (χ1n) is 8.19. The summed E-state index contributed by atoms with van der Waals surface area (Å²) in [6, 6.07) is 4.48. The third kappa shape index (κ3) is 6.63. The molecule has 1 rings (SSSR count). The highest BCUT2D eigenvalue weighted by atomic mass is 35.5. The van der Waals surface area contributed by atoms with E-state index in [0.29, 0.717) is 0 Å². The number of unbranched alkanes of at least 4 members (excludes halogenated alkanes) is 6. The standard InChI is InChI=1S/C18H31ClS/c1-5-6-7-8-9-10-11-12-15(19)16-13-14-17(20-16)18(2,3)4/h13-15H,5-12H2,1-4H3. The van der Waals surface area contributed by atoms with Gasteiger partial charge in [0.2, 0.25) is 0 Å². The van der Waals surface area contributed by atoms with E-state index in [1.54, 1.807) is 0 Å². The van der Waals surface area contributed by atoms with Crippen LogP contribution in [0.1, 0.15) is 94.2 Å². The van der Waals surface area contributed by atoms with E-state index in [1.807, 2.05) is 11.3 Å². The molecule has 0 N–H and O–H groups in total. The first kappa shape index (κ1) is 18.0. The van der Waals surface area contributed by atoms with E-state index in [9.17, 15) is 0 Å². The van der Waals surface area contributed by atoms with Gasteiger partial charge in [-0.1, -0.05) is 72.6 Å². The van der Waals surface area contributed by atoms with Gasteiger partial charge in [0.15, 0.2) is 0 Å². The first-order chi connectivity index (χ1) is 9.45. The van der Waals surface area contributed by atoms with Crippen LogP contribution >= 0.6 is 22.9 Å². The van der Waals surface area contributed by atoms with Crippen molar-refractivity contribution in [1.82, 2.24) is 0 Å². The monoisotopic (exact) mass is 314 g/mol. The van der Waals surface area contributed by atoms with Crippen molar-refractivity contribution >= 4 is 22.9 Å². The summed E-state index contributed by atoms with van der Waals surface area (Å²) in [6.07, 6.45) is 10.6. The quantitative estimate of drug-likeness (QED) is 0.327. The lowest BCUT2D eigenvalue weighted by Gasteiger charge is -2.15. The molecule has 1 aromatic rings. The molecule has 0 spiro atoms. The van der Waals surface area contributed by atoms with E-state index in [2.05, 4.69) is 39.8 Å². The van der Waals surface area contributed by atoms with Crippen molar-refractivity contribution in [1.29, 1.82) is 0 Å². The van der Waals surface area contributed by atoms with Crippen LogP contribution in [-0.4, -0.2) is 0 Å². The fraction of sp³-hybridized carbons (Fsp3) is 0.778. The zero-order valence-electron chi connectivity index (χ0n) is 13.7. The second kappa shape index (κ2) is 9.10. The summed E-state index contributed by atoms with van der Waals surface area (Å²) in [7, 11) is 0. The predicted octanol–water partition coefficient (Wildman–Crippen LogP) is 7.47. The lowest BCUT2D eigenvalue weighted by Crippen LogP contribution is -2.07. The molecule has 0 radical (unpaired) electrons. The fourth-order valence-electron chi connectivity index (χ4n) is 2.35. The Bertz CT molecular complexity index is 362. The minimum Gasteiger partial charge on any atom is -0.143 e. The Labute approximate surface area is 134 Å².